The van der Waals surface area contributed by atoms with Gasteiger partial charge in [0.15, 0.2) is 9.84 Å². The summed E-state index contributed by atoms with van der Waals surface area (Å²) in [6, 6.07) is 16.9. The minimum atomic E-state index is -3.13. The number of hydrogen-bond donors (Lipinski definition) is 1. The van der Waals surface area contributed by atoms with Crippen LogP contribution in [0.5, 0.6) is 0 Å². The Labute approximate surface area is 210 Å². The monoisotopic (exact) mass is 498 g/mol. The molecule has 2 aromatic rings. The molecular formula is C27H38N4O3S. The number of hydrogen-bond acceptors (Lipinski definition) is 5. The molecule has 0 spiro atoms. The largest absolute Gasteiger partial charge is 0.322 e. The zero-order chi connectivity index (χ0) is 24.7. The number of nitrogens with zero attached hydrogens (tertiary/aromatic N) is 3. The van der Waals surface area contributed by atoms with E-state index in [-0.39, 0.29) is 6.03 Å². The number of carbonyl (C=O) groups excluding carboxylic acids is 1. The number of amides is 2. The van der Waals surface area contributed by atoms with E-state index >= 15 is 0 Å². The third-order valence-corrected chi connectivity index (χ3v) is 8.22. The van der Waals surface area contributed by atoms with Crippen LogP contribution in [0, 0.1) is 5.92 Å². The van der Waals surface area contributed by atoms with Crippen molar-refractivity contribution >= 4 is 21.6 Å². The SMILES string of the molecule is CS(=O)(=O)c1ccc(CCCN2CCC[C@@H](CN3CCN(C(=O)Nc4ccccc4)CC3)C2)cc1. The van der Waals surface area contributed by atoms with Crippen LogP contribution < -0.4 is 5.32 Å². The fourth-order valence-electron chi connectivity index (χ4n) is 5.14. The molecule has 0 aliphatic carbocycles. The van der Waals surface area contributed by atoms with E-state index in [0.29, 0.717) is 10.8 Å². The molecule has 7 nitrogen and oxygen atoms in total. The van der Waals surface area contributed by atoms with Crippen molar-refractivity contribution in [3.8, 4) is 0 Å². The highest BCUT2D eigenvalue weighted by Gasteiger charge is 2.26. The number of benzene rings is 2. The van der Waals surface area contributed by atoms with Crippen LogP contribution in [0.1, 0.15) is 24.8 Å². The average molecular weight is 499 g/mol. The second-order valence-electron chi connectivity index (χ2n) is 9.91. The first-order valence-corrected chi connectivity index (χ1v) is 14.6. The Bertz CT molecular complexity index is 1050. The molecule has 0 aromatic heterocycles. The number of piperidine rings is 1. The maximum atomic E-state index is 12.5. The highest BCUT2D eigenvalue weighted by Crippen LogP contribution is 2.20. The lowest BCUT2D eigenvalue weighted by Crippen LogP contribution is -2.52. The second-order valence-corrected chi connectivity index (χ2v) is 11.9. The van der Waals surface area contributed by atoms with Crippen LogP contribution in [0.3, 0.4) is 0 Å². The van der Waals surface area contributed by atoms with Gasteiger partial charge in [-0.15, -0.1) is 0 Å². The van der Waals surface area contributed by atoms with Crippen molar-refractivity contribution in [2.24, 2.45) is 5.92 Å². The molecule has 35 heavy (non-hydrogen) atoms. The molecule has 2 aliphatic heterocycles. The van der Waals surface area contributed by atoms with Crippen LogP contribution in [0.2, 0.25) is 0 Å². The molecular weight excluding hydrogens is 460 g/mol. The summed E-state index contributed by atoms with van der Waals surface area (Å²) in [6.07, 6.45) is 5.82. The number of para-hydroxylation sites is 1. The van der Waals surface area contributed by atoms with Gasteiger partial charge in [0.05, 0.1) is 4.90 Å². The van der Waals surface area contributed by atoms with E-state index in [1.165, 1.54) is 24.7 Å². The summed E-state index contributed by atoms with van der Waals surface area (Å²) in [5, 5.41) is 2.99. The van der Waals surface area contributed by atoms with Crippen molar-refractivity contribution in [1.82, 2.24) is 14.7 Å². The summed E-state index contributed by atoms with van der Waals surface area (Å²) < 4.78 is 23.2. The van der Waals surface area contributed by atoms with Crippen molar-refractivity contribution < 1.29 is 13.2 Å². The maximum Gasteiger partial charge on any atom is 0.321 e. The molecule has 0 unspecified atom stereocenters. The topological polar surface area (TPSA) is 73.0 Å². The average Bonchev–Trinajstić information content (AvgIpc) is 2.85. The van der Waals surface area contributed by atoms with E-state index in [4.69, 9.17) is 0 Å². The first kappa shape index (κ1) is 25.7. The van der Waals surface area contributed by atoms with Crippen LogP contribution in [0.25, 0.3) is 0 Å². The van der Waals surface area contributed by atoms with Crippen molar-refractivity contribution in [3.63, 3.8) is 0 Å². The predicted molar refractivity (Wildman–Crippen MR) is 141 cm³/mol. The molecule has 2 aromatic carbocycles. The van der Waals surface area contributed by atoms with Gasteiger partial charge in [-0.2, -0.15) is 0 Å². The first-order chi connectivity index (χ1) is 16.9. The molecule has 0 saturated carbocycles. The Kier molecular flexibility index (Phi) is 8.81. The summed E-state index contributed by atoms with van der Waals surface area (Å²) in [4.78, 5) is 19.9. The Morgan fingerprint density at radius 2 is 1.66 bits per heavy atom. The standard InChI is InChI=1S/C27H38N4O3S/c1-35(33,34)26-13-11-23(12-14-26)7-5-15-29-16-6-8-24(21-29)22-30-17-19-31(20-18-30)27(32)28-25-9-3-2-4-10-25/h2-4,9-14,24H,5-8,15-22H2,1H3,(H,28,32)/t24-/m1/s1. The van der Waals surface area contributed by atoms with Crippen molar-refractivity contribution in [1.29, 1.82) is 0 Å². The molecule has 0 bridgehead atoms. The molecule has 2 amide bonds. The lowest BCUT2D eigenvalue weighted by Gasteiger charge is -2.39. The first-order valence-electron chi connectivity index (χ1n) is 12.7. The number of likely N-dealkylation sites (tertiary alicyclic amines) is 1. The Balaban J connectivity index is 1.15. The van der Waals surface area contributed by atoms with Crippen LogP contribution in [-0.4, -0.2) is 87.8 Å². The van der Waals surface area contributed by atoms with Gasteiger partial charge >= 0.3 is 6.03 Å². The fourth-order valence-corrected chi connectivity index (χ4v) is 5.77. The molecule has 4 rings (SSSR count). The van der Waals surface area contributed by atoms with E-state index in [1.807, 2.05) is 47.4 Å². The zero-order valence-electron chi connectivity index (χ0n) is 20.7. The lowest BCUT2D eigenvalue weighted by atomic mass is 9.96. The molecule has 8 heteroatoms. The molecule has 2 heterocycles. The van der Waals surface area contributed by atoms with Crippen molar-refractivity contribution in [3.05, 3.63) is 60.2 Å². The number of sulfone groups is 1. The Morgan fingerprint density at radius 3 is 2.34 bits per heavy atom. The van der Waals surface area contributed by atoms with E-state index in [2.05, 4.69) is 15.1 Å². The molecule has 1 atom stereocenters. The number of anilines is 1. The maximum absolute atomic E-state index is 12.5. The van der Waals surface area contributed by atoms with Crippen LogP contribution in [0.15, 0.2) is 59.5 Å². The summed E-state index contributed by atoms with van der Waals surface area (Å²) in [6.45, 7) is 7.90. The minimum Gasteiger partial charge on any atom is -0.322 e. The van der Waals surface area contributed by atoms with E-state index < -0.39 is 9.84 Å². The van der Waals surface area contributed by atoms with Gasteiger partial charge in [-0.05, 0) is 74.5 Å². The fraction of sp³-hybridized carbons (Fsp3) is 0.519. The Hall–Kier alpha value is -2.42. The summed E-state index contributed by atoms with van der Waals surface area (Å²) >= 11 is 0. The lowest BCUT2D eigenvalue weighted by molar-refractivity contribution is 0.101. The van der Waals surface area contributed by atoms with Gasteiger partial charge in [0.25, 0.3) is 0 Å². The number of piperazine rings is 1. The number of rotatable bonds is 8. The zero-order valence-corrected chi connectivity index (χ0v) is 21.5. The van der Waals surface area contributed by atoms with E-state index in [1.54, 1.807) is 12.1 Å². The number of urea groups is 1. The van der Waals surface area contributed by atoms with Gasteiger partial charge in [-0.3, -0.25) is 4.90 Å². The van der Waals surface area contributed by atoms with Crippen molar-refractivity contribution in [2.75, 3.05) is 63.9 Å². The number of nitrogens with one attached hydrogen (secondary N) is 1. The summed E-state index contributed by atoms with van der Waals surface area (Å²) in [5.41, 5.74) is 2.04. The third kappa shape index (κ3) is 7.78. The normalized spacial score (nSPS) is 20.0. The molecule has 2 fully saturated rings. The minimum absolute atomic E-state index is 0.00866. The van der Waals surface area contributed by atoms with Crippen LogP contribution in [0.4, 0.5) is 10.5 Å². The number of carbonyl (C=O) groups is 1. The summed E-state index contributed by atoms with van der Waals surface area (Å²) in [7, 11) is -3.13. The highest BCUT2D eigenvalue weighted by atomic mass is 32.2. The van der Waals surface area contributed by atoms with Gasteiger partial charge in [0.2, 0.25) is 0 Å². The smallest absolute Gasteiger partial charge is 0.321 e. The van der Waals surface area contributed by atoms with E-state index in [9.17, 15) is 13.2 Å². The molecule has 190 valence electrons. The highest BCUT2D eigenvalue weighted by molar-refractivity contribution is 7.90. The van der Waals surface area contributed by atoms with Gasteiger partial charge < -0.3 is 15.1 Å². The van der Waals surface area contributed by atoms with Gasteiger partial charge in [-0.1, -0.05) is 30.3 Å². The van der Waals surface area contributed by atoms with Crippen LogP contribution in [-0.2, 0) is 16.3 Å². The molecule has 2 aliphatic rings. The number of aryl methyl sites for hydroxylation is 1. The van der Waals surface area contributed by atoms with Gasteiger partial charge in [0, 0.05) is 51.2 Å². The second kappa shape index (κ2) is 12.0. The molecule has 2 saturated heterocycles. The quantitative estimate of drug-likeness (QED) is 0.602. The van der Waals surface area contributed by atoms with Crippen LogP contribution >= 0.6 is 0 Å². The predicted octanol–water partition coefficient (Wildman–Crippen LogP) is 3.58. The van der Waals surface area contributed by atoms with Crippen molar-refractivity contribution in [2.45, 2.75) is 30.6 Å². The summed E-state index contributed by atoms with van der Waals surface area (Å²) in [5.74, 6) is 0.683. The Morgan fingerprint density at radius 1 is 0.943 bits per heavy atom. The van der Waals surface area contributed by atoms with Gasteiger partial charge in [0.1, 0.15) is 0 Å². The molecule has 0 radical (unpaired) electrons. The van der Waals surface area contributed by atoms with Gasteiger partial charge in [-0.25, -0.2) is 13.2 Å². The van der Waals surface area contributed by atoms with E-state index in [0.717, 1.165) is 70.9 Å². The third-order valence-electron chi connectivity index (χ3n) is 7.10. The molecule has 1 N–H and O–H groups in total.